The van der Waals surface area contributed by atoms with Crippen molar-refractivity contribution < 1.29 is 13.7 Å². The van der Waals surface area contributed by atoms with E-state index in [9.17, 15) is 9.18 Å². The van der Waals surface area contributed by atoms with Gasteiger partial charge in [0, 0.05) is 24.1 Å². The minimum atomic E-state index is -0.317. The van der Waals surface area contributed by atoms with Crippen molar-refractivity contribution in [3.8, 4) is 11.4 Å². The first-order chi connectivity index (χ1) is 14.0. The molecule has 0 saturated heterocycles. The summed E-state index contributed by atoms with van der Waals surface area (Å²) in [7, 11) is 0. The molecule has 0 radical (unpaired) electrons. The Kier molecular flexibility index (Phi) is 5.29. The number of aromatic nitrogens is 2. The maximum atomic E-state index is 13.7. The first-order valence-electron chi connectivity index (χ1n) is 9.76. The highest BCUT2D eigenvalue weighted by atomic mass is 19.1. The third-order valence-electron chi connectivity index (χ3n) is 5.28. The number of hydrogen-bond donors (Lipinski definition) is 2. The molecule has 0 spiro atoms. The van der Waals surface area contributed by atoms with Gasteiger partial charge in [-0.1, -0.05) is 23.4 Å². The number of fused-ring (bicyclic) bond motifs is 1. The Morgan fingerprint density at radius 2 is 2.17 bits per heavy atom. The lowest BCUT2D eigenvalue weighted by Gasteiger charge is -2.26. The van der Waals surface area contributed by atoms with Gasteiger partial charge in [-0.3, -0.25) is 4.79 Å². The summed E-state index contributed by atoms with van der Waals surface area (Å²) in [5.41, 5.74) is 10.1. The molecule has 0 aliphatic heterocycles. The van der Waals surface area contributed by atoms with Gasteiger partial charge in [-0.05, 0) is 61.1 Å². The average molecular weight is 394 g/mol. The highest BCUT2D eigenvalue weighted by Gasteiger charge is 2.22. The third-order valence-corrected chi connectivity index (χ3v) is 5.28. The van der Waals surface area contributed by atoms with Gasteiger partial charge in [0.05, 0.1) is 6.04 Å². The van der Waals surface area contributed by atoms with Crippen molar-refractivity contribution >= 4 is 11.6 Å². The number of carbonyl (C=O) groups is 1. The van der Waals surface area contributed by atoms with E-state index in [-0.39, 0.29) is 24.2 Å². The van der Waals surface area contributed by atoms with Crippen molar-refractivity contribution in [3.63, 3.8) is 0 Å². The molecule has 1 unspecified atom stereocenters. The number of hydrogen-bond acceptors (Lipinski definition) is 5. The van der Waals surface area contributed by atoms with Gasteiger partial charge in [-0.15, -0.1) is 0 Å². The summed E-state index contributed by atoms with van der Waals surface area (Å²) in [4.78, 5) is 16.7. The van der Waals surface area contributed by atoms with Crippen LogP contribution in [-0.2, 0) is 17.6 Å². The Hall–Kier alpha value is -3.22. The van der Waals surface area contributed by atoms with Gasteiger partial charge < -0.3 is 15.6 Å². The molecule has 1 amide bonds. The van der Waals surface area contributed by atoms with Gasteiger partial charge in [0.25, 0.3) is 0 Å². The maximum absolute atomic E-state index is 13.7. The van der Waals surface area contributed by atoms with E-state index < -0.39 is 0 Å². The molecular weight excluding hydrogens is 371 g/mol. The summed E-state index contributed by atoms with van der Waals surface area (Å²) in [6.45, 7) is 1.69. The van der Waals surface area contributed by atoms with Crippen LogP contribution in [0.1, 0.15) is 47.9 Å². The Balaban J connectivity index is 1.36. The molecule has 7 heteroatoms. The van der Waals surface area contributed by atoms with Crippen molar-refractivity contribution in [2.75, 3.05) is 5.73 Å². The highest BCUT2D eigenvalue weighted by Crippen LogP contribution is 2.31. The largest absolute Gasteiger partial charge is 0.399 e. The Morgan fingerprint density at radius 1 is 1.31 bits per heavy atom. The lowest BCUT2D eigenvalue weighted by atomic mass is 9.87. The van der Waals surface area contributed by atoms with Gasteiger partial charge in [0.1, 0.15) is 5.82 Å². The molecule has 6 nitrogen and oxygen atoms in total. The van der Waals surface area contributed by atoms with E-state index in [0.29, 0.717) is 29.3 Å². The molecule has 2 aromatic carbocycles. The number of nitrogens with two attached hydrogens (primary N) is 1. The first kappa shape index (κ1) is 19.1. The predicted octanol–water partition coefficient (Wildman–Crippen LogP) is 3.89. The Morgan fingerprint density at radius 3 is 3.00 bits per heavy atom. The van der Waals surface area contributed by atoms with E-state index in [0.717, 1.165) is 30.5 Å². The van der Waals surface area contributed by atoms with E-state index in [1.165, 1.54) is 11.6 Å². The fourth-order valence-corrected chi connectivity index (χ4v) is 3.68. The smallest absolute Gasteiger partial charge is 0.227 e. The molecule has 3 aromatic rings. The van der Waals surface area contributed by atoms with E-state index in [4.69, 9.17) is 10.3 Å². The van der Waals surface area contributed by atoms with Crippen LogP contribution in [0.4, 0.5) is 10.1 Å². The van der Waals surface area contributed by atoms with Crippen molar-refractivity contribution in [1.29, 1.82) is 0 Å². The molecule has 3 N–H and O–H groups in total. The second kappa shape index (κ2) is 8.03. The van der Waals surface area contributed by atoms with Gasteiger partial charge in [0.2, 0.25) is 17.6 Å². The van der Waals surface area contributed by atoms with Crippen LogP contribution in [0.3, 0.4) is 0 Å². The van der Waals surface area contributed by atoms with Crippen LogP contribution >= 0.6 is 0 Å². The monoisotopic (exact) mass is 394 g/mol. The quantitative estimate of drug-likeness (QED) is 0.640. The summed E-state index contributed by atoms with van der Waals surface area (Å²) in [6, 6.07) is 10.7. The average Bonchev–Trinajstić information content (AvgIpc) is 3.17. The molecular formula is C22H23FN4O2. The Labute approximate surface area is 168 Å². The fraction of sp³-hybridized carbons (Fsp3) is 0.318. The molecule has 0 fully saturated rings. The zero-order chi connectivity index (χ0) is 20.4. The van der Waals surface area contributed by atoms with E-state index in [2.05, 4.69) is 15.5 Å². The van der Waals surface area contributed by atoms with Crippen LogP contribution in [0, 0.1) is 12.7 Å². The molecule has 4 rings (SSSR count). The highest BCUT2D eigenvalue weighted by molar-refractivity contribution is 5.76. The first-order valence-corrected chi connectivity index (χ1v) is 9.76. The zero-order valence-corrected chi connectivity index (χ0v) is 16.2. The number of nitrogens with one attached hydrogen (secondary N) is 1. The molecule has 29 heavy (non-hydrogen) atoms. The number of amides is 1. The summed E-state index contributed by atoms with van der Waals surface area (Å²) < 4.78 is 19.0. The Bertz CT molecular complexity index is 1050. The minimum Gasteiger partial charge on any atom is -0.399 e. The second-order valence-corrected chi connectivity index (χ2v) is 7.45. The molecule has 1 aliphatic rings. The third kappa shape index (κ3) is 4.29. The van der Waals surface area contributed by atoms with Crippen LogP contribution in [0.25, 0.3) is 11.4 Å². The number of anilines is 1. The standard InChI is InChI=1S/C22H23FN4O2/c1-13-5-6-15(12-18(13)23)22-26-21(29-27-22)10-9-20(28)25-19-4-2-3-14-11-16(24)7-8-17(14)19/h5-8,11-12,19H,2-4,9-10,24H2,1H3,(H,25,28). The van der Waals surface area contributed by atoms with Gasteiger partial charge in [-0.25, -0.2) is 4.39 Å². The van der Waals surface area contributed by atoms with Crippen molar-refractivity contribution in [1.82, 2.24) is 15.5 Å². The fourth-order valence-electron chi connectivity index (χ4n) is 3.68. The number of nitrogens with zero attached hydrogens (tertiary/aromatic N) is 2. The maximum Gasteiger partial charge on any atom is 0.227 e. The second-order valence-electron chi connectivity index (χ2n) is 7.45. The van der Waals surface area contributed by atoms with Crippen LogP contribution in [0.2, 0.25) is 0 Å². The van der Waals surface area contributed by atoms with Crippen LogP contribution in [-0.4, -0.2) is 16.0 Å². The number of rotatable bonds is 5. The van der Waals surface area contributed by atoms with Gasteiger partial charge in [-0.2, -0.15) is 4.98 Å². The van der Waals surface area contributed by atoms with Crippen molar-refractivity contribution in [3.05, 3.63) is 64.8 Å². The van der Waals surface area contributed by atoms with Crippen LogP contribution < -0.4 is 11.1 Å². The SMILES string of the molecule is Cc1ccc(-c2noc(CCC(=O)NC3CCCc4cc(N)ccc43)n2)cc1F. The summed E-state index contributed by atoms with van der Waals surface area (Å²) in [6.07, 6.45) is 3.48. The molecule has 0 saturated carbocycles. The van der Waals surface area contributed by atoms with Crippen LogP contribution in [0.15, 0.2) is 40.9 Å². The number of nitrogen functional groups attached to an aromatic ring is 1. The number of halogens is 1. The predicted molar refractivity (Wildman–Crippen MR) is 107 cm³/mol. The van der Waals surface area contributed by atoms with E-state index >= 15 is 0 Å². The van der Waals surface area contributed by atoms with Crippen LogP contribution in [0.5, 0.6) is 0 Å². The van der Waals surface area contributed by atoms with E-state index in [1.54, 1.807) is 19.1 Å². The summed E-state index contributed by atoms with van der Waals surface area (Å²) in [5.74, 6) is 0.287. The molecule has 1 aromatic heterocycles. The molecule has 1 atom stereocenters. The molecule has 0 bridgehead atoms. The van der Waals surface area contributed by atoms with E-state index in [1.807, 2.05) is 18.2 Å². The van der Waals surface area contributed by atoms with Gasteiger partial charge >= 0.3 is 0 Å². The minimum absolute atomic E-state index is 0.000583. The summed E-state index contributed by atoms with van der Waals surface area (Å²) >= 11 is 0. The number of aryl methyl sites for hydroxylation is 3. The lowest BCUT2D eigenvalue weighted by molar-refractivity contribution is -0.122. The van der Waals surface area contributed by atoms with Gasteiger partial charge in [0.15, 0.2) is 0 Å². The summed E-state index contributed by atoms with van der Waals surface area (Å²) in [5, 5.41) is 6.99. The molecule has 1 aliphatic carbocycles. The number of benzene rings is 2. The molecule has 1 heterocycles. The zero-order valence-electron chi connectivity index (χ0n) is 16.2. The normalized spacial score (nSPS) is 15.7. The lowest BCUT2D eigenvalue weighted by Crippen LogP contribution is -2.31. The topological polar surface area (TPSA) is 94.0 Å². The van der Waals surface area contributed by atoms with Crippen molar-refractivity contribution in [2.24, 2.45) is 0 Å². The van der Waals surface area contributed by atoms with Crippen molar-refractivity contribution in [2.45, 2.75) is 45.1 Å². The number of carbonyl (C=O) groups excluding carboxylic acids is 1. The molecule has 150 valence electrons.